The van der Waals surface area contributed by atoms with Gasteiger partial charge in [-0.25, -0.2) is 0 Å². The van der Waals surface area contributed by atoms with Gasteiger partial charge in [0.2, 0.25) is 5.91 Å². The Kier molecular flexibility index (Phi) is 4.69. The summed E-state index contributed by atoms with van der Waals surface area (Å²) >= 11 is 13.6. The molecule has 0 aliphatic heterocycles. The molecule has 0 bridgehead atoms. The number of carbonyl (C=O) groups excluding carboxylic acids is 1. The van der Waals surface area contributed by atoms with Crippen LogP contribution >= 0.6 is 35.0 Å². The van der Waals surface area contributed by atoms with Crippen molar-refractivity contribution in [1.29, 1.82) is 0 Å². The minimum atomic E-state index is -0.316. The summed E-state index contributed by atoms with van der Waals surface area (Å²) in [6.07, 6.45) is 4.73. The van der Waals surface area contributed by atoms with Crippen LogP contribution in [0.1, 0.15) is 50.4 Å². The third-order valence-electron chi connectivity index (χ3n) is 4.41. The molecule has 1 aromatic carbocycles. The third-order valence-corrected chi connectivity index (χ3v) is 6.28. The lowest BCUT2D eigenvalue weighted by Gasteiger charge is -2.14. The second-order valence-corrected chi connectivity index (χ2v) is 8.66. The smallest absolute Gasteiger partial charge is 0.237 e. The van der Waals surface area contributed by atoms with Crippen LogP contribution in [0.4, 0.5) is 5.69 Å². The van der Waals surface area contributed by atoms with E-state index in [2.05, 4.69) is 20.1 Å². The molecule has 1 unspecified atom stereocenters. The molecular formula is C17H18Cl2N4OS. The number of hydrogen-bond donors (Lipinski definition) is 1. The van der Waals surface area contributed by atoms with Crippen LogP contribution in [-0.4, -0.2) is 25.9 Å². The van der Waals surface area contributed by atoms with Crippen LogP contribution < -0.4 is 5.32 Å². The lowest BCUT2D eigenvalue weighted by Crippen LogP contribution is -2.23. The van der Waals surface area contributed by atoms with Gasteiger partial charge in [0.25, 0.3) is 0 Å². The average molecular weight is 397 g/mol. The number of amides is 1. The van der Waals surface area contributed by atoms with Crippen LogP contribution in [0.5, 0.6) is 0 Å². The van der Waals surface area contributed by atoms with Gasteiger partial charge in [0, 0.05) is 12.0 Å². The number of rotatable bonds is 6. The maximum atomic E-state index is 12.5. The van der Waals surface area contributed by atoms with E-state index in [4.69, 9.17) is 23.2 Å². The van der Waals surface area contributed by atoms with Crippen molar-refractivity contribution in [3.05, 3.63) is 34.1 Å². The molecule has 0 spiro atoms. The Bertz CT molecular complexity index is 817. The normalized spacial score (nSPS) is 18.2. The topological polar surface area (TPSA) is 59.8 Å². The summed E-state index contributed by atoms with van der Waals surface area (Å²) in [5.41, 5.74) is 0.522. The molecule has 1 heterocycles. The summed E-state index contributed by atoms with van der Waals surface area (Å²) in [6.45, 7) is 1.86. The Hall–Kier alpha value is -1.24. The molecule has 0 radical (unpaired) electrons. The molecule has 2 aliphatic rings. The van der Waals surface area contributed by atoms with Crippen molar-refractivity contribution in [2.45, 2.75) is 55.0 Å². The fourth-order valence-corrected chi connectivity index (χ4v) is 3.98. The zero-order valence-corrected chi connectivity index (χ0v) is 16.0. The second kappa shape index (κ2) is 6.82. The molecule has 4 rings (SSSR count). The van der Waals surface area contributed by atoms with E-state index >= 15 is 0 Å². The summed E-state index contributed by atoms with van der Waals surface area (Å²) in [5, 5.41) is 12.9. The SMILES string of the molecule is CC(Sc1nnc(C2CC2)n1C1CC1)C(=O)Nc1cccc(Cl)c1Cl. The zero-order chi connectivity index (χ0) is 17.6. The maximum Gasteiger partial charge on any atom is 0.237 e. The molecule has 25 heavy (non-hydrogen) atoms. The molecule has 2 fully saturated rings. The van der Waals surface area contributed by atoms with Crippen molar-refractivity contribution in [3.63, 3.8) is 0 Å². The van der Waals surface area contributed by atoms with E-state index in [0.29, 0.717) is 27.7 Å². The molecule has 5 nitrogen and oxygen atoms in total. The highest BCUT2D eigenvalue weighted by Gasteiger charge is 2.37. The van der Waals surface area contributed by atoms with E-state index in [0.717, 1.165) is 11.0 Å². The van der Waals surface area contributed by atoms with Crippen molar-refractivity contribution in [3.8, 4) is 0 Å². The molecule has 2 aliphatic carbocycles. The van der Waals surface area contributed by atoms with Crippen LogP contribution in [0, 0.1) is 0 Å². The lowest BCUT2D eigenvalue weighted by atomic mass is 10.3. The highest BCUT2D eigenvalue weighted by molar-refractivity contribution is 8.00. The number of anilines is 1. The molecule has 1 N–H and O–H groups in total. The standard InChI is InChI=1S/C17H18Cl2N4OS/c1-9(16(24)20-13-4-2-3-12(18)14(13)19)25-17-22-21-15(10-5-6-10)23(17)11-7-8-11/h2-4,9-11H,5-8H2,1H3,(H,20,24). The Morgan fingerprint density at radius 3 is 2.72 bits per heavy atom. The number of halogens is 2. The van der Waals surface area contributed by atoms with Crippen LogP contribution in [0.25, 0.3) is 0 Å². The second-order valence-electron chi connectivity index (χ2n) is 6.57. The molecule has 1 atom stereocenters. The van der Waals surface area contributed by atoms with E-state index in [1.165, 1.54) is 37.4 Å². The Morgan fingerprint density at radius 1 is 1.28 bits per heavy atom. The van der Waals surface area contributed by atoms with Crippen molar-refractivity contribution in [2.24, 2.45) is 0 Å². The third kappa shape index (κ3) is 3.66. The van der Waals surface area contributed by atoms with E-state index in [1.807, 2.05) is 6.92 Å². The highest BCUT2D eigenvalue weighted by Crippen LogP contribution is 2.46. The first-order valence-electron chi connectivity index (χ1n) is 8.41. The number of thioether (sulfide) groups is 1. The van der Waals surface area contributed by atoms with E-state index in [1.54, 1.807) is 18.2 Å². The predicted molar refractivity (Wildman–Crippen MR) is 101 cm³/mol. The monoisotopic (exact) mass is 396 g/mol. The fourth-order valence-electron chi connectivity index (χ4n) is 2.71. The summed E-state index contributed by atoms with van der Waals surface area (Å²) in [7, 11) is 0. The summed E-state index contributed by atoms with van der Waals surface area (Å²) in [5.74, 6) is 1.51. The molecule has 132 valence electrons. The number of nitrogens with one attached hydrogen (secondary N) is 1. The van der Waals surface area contributed by atoms with Crippen molar-refractivity contribution < 1.29 is 4.79 Å². The van der Waals surface area contributed by atoms with Gasteiger partial charge in [-0.2, -0.15) is 0 Å². The number of hydrogen-bond acceptors (Lipinski definition) is 4. The predicted octanol–water partition coefficient (Wildman–Crippen LogP) is 4.92. The molecule has 2 saturated carbocycles. The quantitative estimate of drug-likeness (QED) is 0.704. The van der Waals surface area contributed by atoms with Gasteiger partial charge in [0.15, 0.2) is 5.16 Å². The lowest BCUT2D eigenvalue weighted by molar-refractivity contribution is -0.115. The molecule has 1 amide bonds. The Labute approximate surface area is 160 Å². The first kappa shape index (κ1) is 17.2. The largest absolute Gasteiger partial charge is 0.324 e. The molecular weight excluding hydrogens is 379 g/mol. The Balaban J connectivity index is 1.47. The van der Waals surface area contributed by atoms with E-state index in [-0.39, 0.29) is 11.2 Å². The molecule has 8 heteroatoms. The molecule has 2 aromatic rings. The number of aromatic nitrogens is 3. The van der Waals surface area contributed by atoms with E-state index in [9.17, 15) is 4.79 Å². The fraction of sp³-hybridized carbons (Fsp3) is 0.471. The van der Waals surface area contributed by atoms with Gasteiger partial charge in [-0.05, 0) is 44.7 Å². The van der Waals surface area contributed by atoms with Crippen LogP contribution in [0.15, 0.2) is 23.4 Å². The van der Waals surface area contributed by atoms with Crippen LogP contribution in [0.3, 0.4) is 0 Å². The van der Waals surface area contributed by atoms with Gasteiger partial charge in [-0.15, -0.1) is 10.2 Å². The summed E-state index contributed by atoms with van der Waals surface area (Å²) in [4.78, 5) is 12.5. The number of nitrogens with zero attached hydrogens (tertiary/aromatic N) is 3. The van der Waals surface area contributed by atoms with Gasteiger partial charge in [0.1, 0.15) is 5.82 Å². The van der Waals surface area contributed by atoms with Gasteiger partial charge in [-0.3, -0.25) is 4.79 Å². The minimum absolute atomic E-state index is 0.132. The number of benzene rings is 1. The van der Waals surface area contributed by atoms with Gasteiger partial charge < -0.3 is 9.88 Å². The summed E-state index contributed by atoms with van der Waals surface area (Å²) < 4.78 is 2.25. The molecule has 1 aromatic heterocycles. The number of carbonyl (C=O) groups is 1. The zero-order valence-electron chi connectivity index (χ0n) is 13.7. The first-order chi connectivity index (χ1) is 12.0. The van der Waals surface area contributed by atoms with Crippen LogP contribution in [-0.2, 0) is 4.79 Å². The molecule has 0 saturated heterocycles. The maximum absolute atomic E-state index is 12.5. The van der Waals surface area contributed by atoms with Gasteiger partial charge >= 0.3 is 0 Å². The van der Waals surface area contributed by atoms with Crippen molar-refractivity contribution >= 4 is 46.6 Å². The van der Waals surface area contributed by atoms with Crippen LogP contribution in [0.2, 0.25) is 10.0 Å². The minimum Gasteiger partial charge on any atom is -0.324 e. The first-order valence-corrected chi connectivity index (χ1v) is 10.0. The highest BCUT2D eigenvalue weighted by atomic mass is 35.5. The van der Waals surface area contributed by atoms with Crippen molar-refractivity contribution in [1.82, 2.24) is 14.8 Å². The Morgan fingerprint density at radius 2 is 2.04 bits per heavy atom. The van der Waals surface area contributed by atoms with Crippen molar-refractivity contribution in [2.75, 3.05) is 5.32 Å². The van der Waals surface area contributed by atoms with Gasteiger partial charge in [0.05, 0.1) is 21.0 Å². The van der Waals surface area contributed by atoms with E-state index < -0.39 is 0 Å². The van der Waals surface area contributed by atoms with Gasteiger partial charge in [-0.1, -0.05) is 41.0 Å². The average Bonchev–Trinajstić information content (AvgIpc) is 3.50. The summed E-state index contributed by atoms with van der Waals surface area (Å²) in [6, 6.07) is 5.69.